The molecule has 0 saturated heterocycles. The molecule has 0 unspecified atom stereocenters. The van der Waals surface area contributed by atoms with Gasteiger partial charge in [0.1, 0.15) is 0 Å². The summed E-state index contributed by atoms with van der Waals surface area (Å²) in [7, 11) is 1.69. The van der Waals surface area contributed by atoms with E-state index in [0.29, 0.717) is 6.10 Å². The molecule has 1 aromatic carbocycles. The number of anilines is 1. The fraction of sp³-hybridized carbons (Fsp3) is 0.600. The molecule has 1 aliphatic rings. The molecule has 1 fully saturated rings. The molecule has 0 spiro atoms. The summed E-state index contributed by atoms with van der Waals surface area (Å²) in [6.45, 7) is 3.14. The van der Waals surface area contributed by atoms with Gasteiger partial charge in [0.25, 0.3) is 0 Å². The number of rotatable bonds is 6. The van der Waals surface area contributed by atoms with Crippen LogP contribution in [0.1, 0.15) is 39.0 Å². The summed E-state index contributed by atoms with van der Waals surface area (Å²) in [5, 5.41) is 3.38. The lowest BCUT2D eigenvalue weighted by Crippen LogP contribution is -2.12. The fourth-order valence-corrected chi connectivity index (χ4v) is 2.33. The first-order chi connectivity index (χ1) is 8.83. The largest absolute Gasteiger partial charge is 0.493 e. The average molecular weight is 249 g/mol. The summed E-state index contributed by atoms with van der Waals surface area (Å²) in [6, 6.07) is 6.06. The van der Waals surface area contributed by atoms with Gasteiger partial charge in [-0.3, -0.25) is 0 Å². The van der Waals surface area contributed by atoms with Crippen LogP contribution in [0, 0.1) is 0 Å². The van der Waals surface area contributed by atoms with E-state index in [2.05, 4.69) is 12.2 Å². The number of hydrogen-bond donors (Lipinski definition) is 1. The van der Waals surface area contributed by atoms with E-state index in [1.165, 1.54) is 12.8 Å². The van der Waals surface area contributed by atoms with Gasteiger partial charge < -0.3 is 14.8 Å². The lowest BCUT2D eigenvalue weighted by molar-refractivity contribution is 0.201. The van der Waals surface area contributed by atoms with Gasteiger partial charge in [-0.15, -0.1) is 0 Å². The van der Waals surface area contributed by atoms with E-state index in [9.17, 15) is 0 Å². The molecule has 0 aliphatic heterocycles. The van der Waals surface area contributed by atoms with Crippen molar-refractivity contribution in [2.45, 2.75) is 45.1 Å². The van der Waals surface area contributed by atoms with Gasteiger partial charge >= 0.3 is 0 Å². The molecule has 0 atom stereocenters. The molecular formula is C15H23NO2. The molecule has 3 nitrogen and oxygen atoms in total. The van der Waals surface area contributed by atoms with Crippen LogP contribution in [-0.2, 0) is 0 Å². The highest BCUT2D eigenvalue weighted by atomic mass is 16.5. The molecule has 1 saturated carbocycles. The summed E-state index contributed by atoms with van der Waals surface area (Å²) < 4.78 is 11.4. The first-order valence-electron chi connectivity index (χ1n) is 6.92. The first-order valence-corrected chi connectivity index (χ1v) is 6.92. The van der Waals surface area contributed by atoms with Crippen LogP contribution in [0.4, 0.5) is 5.69 Å². The summed E-state index contributed by atoms with van der Waals surface area (Å²) in [4.78, 5) is 0. The van der Waals surface area contributed by atoms with Gasteiger partial charge in [0.05, 0.1) is 13.2 Å². The van der Waals surface area contributed by atoms with Crippen molar-refractivity contribution in [1.29, 1.82) is 0 Å². The molecule has 1 N–H and O–H groups in total. The van der Waals surface area contributed by atoms with Gasteiger partial charge in [0.2, 0.25) is 0 Å². The Bertz CT molecular complexity index is 373. The summed E-state index contributed by atoms with van der Waals surface area (Å²) in [5.41, 5.74) is 1.10. The first kappa shape index (κ1) is 13.1. The maximum absolute atomic E-state index is 6.05. The molecule has 18 heavy (non-hydrogen) atoms. The zero-order chi connectivity index (χ0) is 12.8. The van der Waals surface area contributed by atoms with E-state index in [1.54, 1.807) is 7.11 Å². The zero-order valence-electron chi connectivity index (χ0n) is 11.4. The highest BCUT2D eigenvalue weighted by molar-refractivity contribution is 5.54. The van der Waals surface area contributed by atoms with E-state index in [4.69, 9.17) is 9.47 Å². The molecule has 3 heteroatoms. The molecule has 0 amide bonds. The second-order valence-corrected chi connectivity index (χ2v) is 4.82. The molecule has 0 bridgehead atoms. The third-order valence-electron chi connectivity index (χ3n) is 3.34. The van der Waals surface area contributed by atoms with Gasteiger partial charge in [-0.05, 0) is 44.2 Å². The van der Waals surface area contributed by atoms with Crippen LogP contribution >= 0.6 is 0 Å². The monoisotopic (exact) mass is 249 g/mol. The maximum Gasteiger partial charge on any atom is 0.163 e. The van der Waals surface area contributed by atoms with E-state index in [-0.39, 0.29) is 0 Å². The minimum Gasteiger partial charge on any atom is -0.493 e. The van der Waals surface area contributed by atoms with Crippen molar-refractivity contribution in [2.75, 3.05) is 19.0 Å². The zero-order valence-corrected chi connectivity index (χ0v) is 11.4. The van der Waals surface area contributed by atoms with Gasteiger partial charge in [-0.25, -0.2) is 0 Å². The second-order valence-electron chi connectivity index (χ2n) is 4.82. The third-order valence-corrected chi connectivity index (χ3v) is 3.34. The molecule has 0 radical (unpaired) electrons. The lowest BCUT2D eigenvalue weighted by Gasteiger charge is -2.17. The Morgan fingerprint density at radius 3 is 2.67 bits per heavy atom. The Kier molecular flexibility index (Phi) is 4.73. The predicted octanol–water partition coefficient (Wildman–Crippen LogP) is 3.84. The van der Waals surface area contributed by atoms with Crippen molar-refractivity contribution >= 4 is 5.69 Å². The molecule has 0 heterocycles. The Morgan fingerprint density at radius 1 is 1.22 bits per heavy atom. The molecule has 100 valence electrons. The van der Waals surface area contributed by atoms with Crippen LogP contribution in [0.2, 0.25) is 0 Å². The van der Waals surface area contributed by atoms with Crippen molar-refractivity contribution < 1.29 is 9.47 Å². The van der Waals surface area contributed by atoms with Crippen LogP contribution < -0.4 is 14.8 Å². The lowest BCUT2D eigenvalue weighted by atomic mass is 10.2. The van der Waals surface area contributed by atoms with Gasteiger partial charge in [-0.2, -0.15) is 0 Å². The molecule has 0 aromatic heterocycles. The van der Waals surface area contributed by atoms with Crippen molar-refractivity contribution in [3.63, 3.8) is 0 Å². The molecule has 1 aromatic rings. The topological polar surface area (TPSA) is 30.5 Å². The average Bonchev–Trinajstić information content (AvgIpc) is 2.89. The van der Waals surface area contributed by atoms with Gasteiger partial charge in [-0.1, -0.05) is 6.92 Å². The number of nitrogens with one attached hydrogen (secondary N) is 1. The SMILES string of the molecule is CCCNc1ccc(OC)c(OC2CCCC2)c1. The van der Waals surface area contributed by atoms with Crippen LogP contribution in [0.3, 0.4) is 0 Å². The van der Waals surface area contributed by atoms with Gasteiger partial charge in [0.15, 0.2) is 11.5 Å². The van der Waals surface area contributed by atoms with E-state index >= 15 is 0 Å². The highest BCUT2D eigenvalue weighted by Gasteiger charge is 2.18. The smallest absolute Gasteiger partial charge is 0.163 e. The highest BCUT2D eigenvalue weighted by Crippen LogP contribution is 2.33. The second kappa shape index (κ2) is 6.53. The van der Waals surface area contributed by atoms with Crippen LogP contribution in [-0.4, -0.2) is 19.8 Å². The van der Waals surface area contributed by atoms with Crippen molar-refractivity contribution in [3.05, 3.63) is 18.2 Å². The quantitative estimate of drug-likeness (QED) is 0.831. The summed E-state index contributed by atoms with van der Waals surface area (Å²) >= 11 is 0. The van der Waals surface area contributed by atoms with Crippen molar-refractivity contribution in [3.8, 4) is 11.5 Å². The van der Waals surface area contributed by atoms with Crippen molar-refractivity contribution in [2.24, 2.45) is 0 Å². The van der Waals surface area contributed by atoms with Crippen LogP contribution in [0.5, 0.6) is 11.5 Å². The van der Waals surface area contributed by atoms with E-state index in [0.717, 1.165) is 43.0 Å². The fourth-order valence-electron chi connectivity index (χ4n) is 2.33. The molecular weight excluding hydrogens is 226 g/mol. The Morgan fingerprint density at radius 2 is 2.00 bits per heavy atom. The van der Waals surface area contributed by atoms with E-state index in [1.807, 2.05) is 18.2 Å². The predicted molar refractivity (Wildman–Crippen MR) is 74.7 cm³/mol. The Labute approximate surface area is 109 Å². The molecule has 2 rings (SSSR count). The summed E-state index contributed by atoms with van der Waals surface area (Å²) in [5.74, 6) is 1.69. The third kappa shape index (κ3) is 3.31. The Hall–Kier alpha value is -1.38. The van der Waals surface area contributed by atoms with Crippen LogP contribution in [0.25, 0.3) is 0 Å². The number of hydrogen-bond acceptors (Lipinski definition) is 3. The number of methoxy groups -OCH3 is 1. The minimum atomic E-state index is 0.361. The standard InChI is InChI=1S/C15H23NO2/c1-3-10-16-12-8-9-14(17-2)15(11-12)18-13-6-4-5-7-13/h8-9,11,13,16H,3-7,10H2,1-2H3. The minimum absolute atomic E-state index is 0.361. The van der Waals surface area contributed by atoms with Gasteiger partial charge in [0, 0.05) is 18.3 Å². The Balaban J connectivity index is 2.08. The number of ether oxygens (including phenoxy) is 2. The normalized spacial score (nSPS) is 15.7. The molecule has 1 aliphatic carbocycles. The summed E-state index contributed by atoms with van der Waals surface area (Å²) in [6.07, 6.45) is 6.36. The van der Waals surface area contributed by atoms with Crippen LogP contribution in [0.15, 0.2) is 18.2 Å². The maximum atomic E-state index is 6.05. The van der Waals surface area contributed by atoms with Crippen molar-refractivity contribution in [1.82, 2.24) is 0 Å². The number of benzene rings is 1. The van der Waals surface area contributed by atoms with E-state index < -0.39 is 0 Å².